The molecule has 2 aromatic rings. The first-order chi connectivity index (χ1) is 13.0. The minimum absolute atomic E-state index is 0.00501. The van der Waals surface area contributed by atoms with Gasteiger partial charge in [0.05, 0.1) is 5.69 Å². The molecule has 0 fully saturated rings. The molecule has 1 heterocycles. The number of carbonyl (C=O) groups excluding carboxylic acids is 2. The fourth-order valence-corrected chi connectivity index (χ4v) is 2.69. The van der Waals surface area contributed by atoms with Gasteiger partial charge in [0.2, 0.25) is 0 Å². The Hall–Kier alpha value is -3.06. The van der Waals surface area contributed by atoms with E-state index in [0.29, 0.717) is 29.4 Å². The lowest BCUT2D eigenvalue weighted by Crippen LogP contribution is -2.42. The molecular formula is C20H23N3O4. The number of anilines is 2. The van der Waals surface area contributed by atoms with Crippen LogP contribution < -0.4 is 19.7 Å². The van der Waals surface area contributed by atoms with Crippen LogP contribution in [0.3, 0.4) is 0 Å². The number of para-hydroxylation sites is 1. The van der Waals surface area contributed by atoms with Crippen molar-refractivity contribution in [2.75, 3.05) is 50.6 Å². The first-order valence-corrected chi connectivity index (χ1v) is 8.72. The smallest absolute Gasteiger partial charge is 0.265 e. The molecular weight excluding hydrogens is 346 g/mol. The molecule has 2 amide bonds. The van der Waals surface area contributed by atoms with Crippen molar-refractivity contribution in [2.45, 2.75) is 0 Å². The van der Waals surface area contributed by atoms with Crippen LogP contribution >= 0.6 is 0 Å². The molecule has 0 aromatic heterocycles. The summed E-state index contributed by atoms with van der Waals surface area (Å²) in [5, 5.41) is 2.78. The number of hydrogen-bond acceptors (Lipinski definition) is 5. The monoisotopic (exact) mass is 369 g/mol. The third kappa shape index (κ3) is 4.98. The van der Waals surface area contributed by atoms with Crippen molar-refractivity contribution in [3.8, 4) is 11.5 Å². The number of nitrogens with zero attached hydrogens (tertiary/aromatic N) is 2. The largest absolute Gasteiger partial charge is 0.484 e. The summed E-state index contributed by atoms with van der Waals surface area (Å²) in [6.07, 6.45) is 0. The van der Waals surface area contributed by atoms with Gasteiger partial charge in [-0.05, 0) is 38.4 Å². The number of nitrogens with one attached hydrogen (secondary N) is 1. The Morgan fingerprint density at radius 3 is 2.74 bits per heavy atom. The maximum absolute atomic E-state index is 12.1. The van der Waals surface area contributed by atoms with Crippen LogP contribution in [0.5, 0.6) is 11.5 Å². The summed E-state index contributed by atoms with van der Waals surface area (Å²) < 4.78 is 11.0. The van der Waals surface area contributed by atoms with E-state index >= 15 is 0 Å². The molecule has 0 radical (unpaired) electrons. The summed E-state index contributed by atoms with van der Waals surface area (Å²) in [5.41, 5.74) is 1.31. The molecule has 0 atom stereocenters. The molecule has 2 aromatic carbocycles. The van der Waals surface area contributed by atoms with Gasteiger partial charge in [0.25, 0.3) is 11.8 Å². The number of carbonyl (C=O) groups is 2. The molecule has 142 valence electrons. The number of fused-ring (bicyclic) bond motifs is 1. The second-order valence-corrected chi connectivity index (χ2v) is 6.47. The maximum Gasteiger partial charge on any atom is 0.265 e. The Labute approximate surface area is 158 Å². The normalized spacial score (nSPS) is 13.1. The van der Waals surface area contributed by atoms with Gasteiger partial charge in [0.15, 0.2) is 13.2 Å². The average molecular weight is 369 g/mol. The number of hydrogen-bond donors (Lipinski definition) is 1. The Bertz CT molecular complexity index is 808. The van der Waals surface area contributed by atoms with E-state index in [0.717, 1.165) is 6.54 Å². The zero-order valence-electron chi connectivity index (χ0n) is 15.5. The molecule has 0 aliphatic carbocycles. The van der Waals surface area contributed by atoms with Crippen LogP contribution in [-0.4, -0.2) is 57.1 Å². The van der Waals surface area contributed by atoms with Gasteiger partial charge in [-0.3, -0.25) is 9.59 Å². The van der Waals surface area contributed by atoms with Crippen LogP contribution in [0.2, 0.25) is 0 Å². The van der Waals surface area contributed by atoms with Gasteiger partial charge in [-0.1, -0.05) is 18.2 Å². The number of rotatable bonds is 7. The highest BCUT2D eigenvalue weighted by Crippen LogP contribution is 2.34. The van der Waals surface area contributed by atoms with Crippen LogP contribution in [0, 0.1) is 0 Å². The van der Waals surface area contributed by atoms with Crippen molar-refractivity contribution < 1.29 is 19.1 Å². The minimum Gasteiger partial charge on any atom is -0.484 e. The predicted molar refractivity (Wildman–Crippen MR) is 103 cm³/mol. The first kappa shape index (κ1) is 18.7. The lowest BCUT2D eigenvalue weighted by molar-refractivity contribution is -0.121. The van der Waals surface area contributed by atoms with E-state index in [4.69, 9.17) is 9.47 Å². The number of amides is 2. The molecule has 1 aliphatic rings. The minimum atomic E-state index is -0.268. The Kier molecular flexibility index (Phi) is 5.93. The van der Waals surface area contributed by atoms with E-state index < -0.39 is 0 Å². The van der Waals surface area contributed by atoms with Crippen LogP contribution in [0.25, 0.3) is 0 Å². The van der Waals surface area contributed by atoms with Crippen molar-refractivity contribution >= 4 is 23.2 Å². The molecule has 27 heavy (non-hydrogen) atoms. The van der Waals surface area contributed by atoms with E-state index in [2.05, 4.69) is 5.32 Å². The molecule has 1 N–H and O–H groups in total. The Morgan fingerprint density at radius 2 is 2.00 bits per heavy atom. The zero-order chi connectivity index (χ0) is 19.2. The molecule has 0 bridgehead atoms. The SMILES string of the molecule is CN(C)CCN1C(=O)COc2cc(NC(=O)COc3ccccc3)ccc21. The average Bonchev–Trinajstić information content (AvgIpc) is 2.66. The van der Waals surface area contributed by atoms with Gasteiger partial charge in [-0.15, -0.1) is 0 Å². The third-order valence-corrected chi connectivity index (χ3v) is 4.07. The first-order valence-electron chi connectivity index (χ1n) is 8.72. The predicted octanol–water partition coefficient (Wildman–Crippen LogP) is 1.99. The van der Waals surface area contributed by atoms with Gasteiger partial charge in [0.1, 0.15) is 11.5 Å². The summed E-state index contributed by atoms with van der Waals surface area (Å²) >= 11 is 0. The van der Waals surface area contributed by atoms with Crippen LogP contribution in [0.15, 0.2) is 48.5 Å². The van der Waals surface area contributed by atoms with Crippen LogP contribution in [0.4, 0.5) is 11.4 Å². The van der Waals surface area contributed by atoms with E-state index in [1.807, 2.05) is 37.2 Å². The molecule has 7 heteroatoms. The van der Waals surface area contributed by atoms with E-state index in [-0.39, 0.29) is 25.0 Å². The summed E-state index contributed by atoms with van der Waals surface area (Å²) in [6, 6.07) is 14.4. The fourth-order valence-electron chi connectivity index (χ4n) is 2.69. The molecule has 3 rings (SSSR count). The fraction of sp³-hybridized carbons (Fsp3) is 0.300. The lowest BCUT2D eigenvalue weighted by atomic mass is 10.2. The van der Waals surface area contributed by atoms with Crippen LogP contribution in [-0.2, 0) is 9.59 Å². The van der Waals surface area contributed by atoms with Crippen LogP contribution in [0.1, 0.15) is 0 Å². The highest BCUT2D eigenvalue weighted by Gasteiger charge is 2.25. The summed E-state index contributed by atoms with van der Waals surface area (Å²) in [7, 11) is 3.92. The quantitative estimate of drug-likeness (QED) is 0.808. The lowest BCUT2D eigenvalue weighted by Gasteiger charge is -2.30. The van der Waals surface area contributed by atoms with Crippen molar-refractivity contribution in [3.63, 3.8) is 0 Å². The summed E-state index contributed by atoms with van der Waals surface area (Å²) in [5.74, 6) is 0.874. The van der Waals surface area contributed by atoms with E-state index in [1.165, 1.54) is 0 Å². The highest BCUT2D eigenvalue weighted by molar-refractivity contribution is 5.99. The Morgan fingerprint density at radius 1 is 1.22 bits per heavy atom. The van der Waals surface area contributed by atoms with E-state index in [1.54, 1.807) is 35.2 Å². The van der Waals surface area contributed by atoms with Crippen molar-refractivity contribution in [3.05, 3.63) is 48.5 Å². The van der Waals surface area contributed by atoms with Gasteiger partial charge >= 0.3 is 0 Å². The summed E-state index contributed by atoms with van der Waals surface area (Å²) in [6.45, 7) is 1.24. The number of benzene rings is 2. The Balaban J connectivity index is 1.63. The molecule has 7 nitrogen and oxygen atoms in total. The number of likely N-dealkylation sites (N-methyl/N-ethyl adjacent to an activating group) is 1. The van der Waals surface area contributed by atoms with Gasteiger partial charge < -0.3 is 24.6 Å². The standard InChI is InChI=1S/C20H23N3O4/c1-22(2)10-11-23-17-9-8-15(12-18(17)27-14-20(23)25)21-19(24)13-26-16-6-4-3-5-7-16/h3-9,12H,10-11,13-14H2,1-2H3,(H,21,24). The molecule has 0 saturated heterocycles. The van der Waals surface area contributed by atoms with Gasteiger partial charge in [-0.25, -0.2) is 0 Å². The topological polar surface area (TPSA) is 71.1 Å². The second-order valence-electron chi connectivity index (χ2n) is 6.47. The molecule has 0 spiro atoms. The second kappa shape index (κ2) is 8.55. The van der Waals surface area contributed by atoms with Crippen molar-refractivity contribution in [1.29, 1.82) is 0 Å². The molecule has 0 unspecified atom stereocenters. The van der Waals surface area contributed by atoms with Gasteiger partial charge in [-0.2, -0.15) is 0 Å². The highest BCUT2D eigenvalue weighted by atomic mass is 16.5. The van der Waals surface area contributed by atoms with Crippen molar-refractivity contribution in [1.82, 2.24) is 4.90 Å². The van der Waals surface area contributed by atoms with Gasteiger partial charge in [0, 0.05) is 24.8 Å². The summed E-state index contributed by atoms with van der Waals surface area (Å²) in [4.78, 5) is 28.0. The third-order valence-electron chi connectivity index (χ3n) is 4.07. The van der Waals surface area contributed by atoms with Crippen molar-refractivity contribution in [2.24, 2.45) is 0 Å². The number of ether oxygens (including phenoxy) is 2. The van der Waals surface area contributed by atoms with E-state index in [9.17, 15) is 9.59 Å². The molecule has 0 saturated carbocycles. The maximum atomic E-state index is 12.1. The zero-order valence-corrected chi connectivity index (χ0v) is 15.5. The molecule has 1 aliphatic heterocycles.